The number of nitrogens with zero attached hydrogens (tertiary/aromatic N) is 3. The van der Waals surface area contributed by atoms with E-state index in [1.165, 1.54) is 18.1 Å². The molecular weight excluding hydrogens is 400 g/mol. The van der Waals surface area contributed by atoms with Crippen LogP contribution >= 0.6 is 0 Å². The monoisotopic (exact) mass is 430 g/mol. The van der Waals surface area contributed by atoms with Crippen molar-refractivity contribution < 1.29 is 9.53 Å². The number of fused-ring (bicyclic) bond motifs is 1. The molecule has 0 saturated carbocycles. The lowest BCUT2D eigenvalue weighted by Gasteiger charge is -2.20. The first-order valence-electron chi connectivity index (χ1n) is 11.2. The van der Waals surface area contributed by atoms with E-state index in [0.29, 0.717) is 0 Å². The fraction of sp³-hybridized carbons (Fsp3) is 0.346. The third-order valence-electron chi connectivity index (χ3n) is 5.82. The highest BCUT2D eigenvalue weighted by atomic mass is 16.5. The predicted octanol–water partition coefficient (Wildman–Crippen LogP) is 4.27. The fourth-order valence-electron chi connectivity index (χ4n) is 4.21. The lowest BCUT2D eigenvalue weighted by molar-refractivity contribution is -0.114. The number of ether oxygens (including phenoxy) is 1. The largest absolute Gasteiger partial charge is 0.497 e. The molecule has 0 radical (unpaired) electrons. The van der Waals surface area contributed by atoms with Gasteiger partial charge in [0.15, 0.2) is 0 Å². The van der Waals surface area contributed by atoms with Crippen LogP contribution in [-0.2, 0) is 30.6 Å². The number of hydrogen-bond acceptors (Lipinski definition) is 5. The van der Waals surface area contributed by atoms with Gasteiger partial charge >= 0.3 is 0 Å². The highest BCUT2D eigenvalue weighted by Gasteiger charge is 2.21. The summed E-state index contributed by atoms with van der Waals surface area (Å²) in [7, 11) is 1.68. The zero-order chi connectivity index (χ0) is 22.5. The van der Waals surface area contributed by atoms with Crippen molar-refractivity contribution >= 4 is 11.6 Å². The maximum atomic E-state index is 11.4. The number of amides is 1. The molecule has 1 aliphatic rings. The minimum atomic E-state index is -0.0521. The topological polar surface area (TPSA) is 67.4 Å². The van der Waals surface area contributed by atoms with Crippen LogP contribution in [-0.4, -0.2) is 41.0 Å². The number of nitrogens with one attached hydrogen (secondary N) is 1. The van der Waals surface area contributed by atoms with E-state index in [1.807, 2.05) is 24.3 Å². The van der Waals surface area contributed by atoms with Crippen molar-refractivity contribution in [2.24, 2.45) is 0 Å². The van der Waals surface area contributed by atoms with Gasteiger partial charge in [0.05, 0.1) is 12.8 Å². The molecule has 6 heteroatoms. The maximum absolute atomic E-state index is 11.4. The van der Waals surface area contributed by atoms with Crippen molar-refractivity contribution in [3.8, 4) is 17.0 Å². The van der Waals surface area contributed by atoms with Gasteiger partial charge < -0.3 is 10.1 Å². The van der Waals surface area contributed by atoms with Gasteiger partial charge in [0.2, 0.25) is 5.91 Å². The molecule has 2 aromatic carbocycles. The first kappa shape index (κ1) is 22.0. The van der Waals surface area contributed by atoms with E-state index in [0.717, 1.165) is 73.1 Å². The number of rotatable bonds is 6. The molecule has 166 valence electrons. The smallest absolute Gasteiger partial charge is 0.221 e. The second-order valence-electron chi connectivity index (χ2n) is 8.15. The molecule has 1 aliphatic heterocycles. The van der Waals surface area contributed by atoms with Gasteiger partial charge in [-0.05, 0) is 48.4 Å². The highest BCUT2D eigenvalue weighted by molar-refractivity contribution is 5.88. The second kappa shape index (κ2) is 9.92. The average Bonchev–Trinajstić information content (AvgIpc) is 3.00. The average molecular weight is 431 g/mol. The molecule has 32 heavy (non-hydrogen) atoms. The SMILES string of the molecule is CCc1nc2c(c(-c3ccc(OC)cc3)n1)CCN(Cc1cccc(NC(C)=O)c1)CC2. The molecule has 6 nitrogen and oxygen atoms in total. The third-order valence-corrected chi connectivity index (χ3v) is 5.82. The van der Waals surface area contributed by atoms with Gasteiger partial charge in [-0.2, -0.15) is 0 Å². The standard InChI is InChI=1S/C26H30N4O2/c1-4-25-28-24-13-15-30(17-19-6-5-7-21(16-19)27-18(2)31)14-12-23(24)26(29-25)20-8-10-22(32-3)11-9-20/h5-11,16H,4,12-15,17H2,1-3H3,(H,27,31). The van der Waals surface area contributed by atoms with Crippen LogP contribution in [0, 0.1) is 0 Å². The molecule has 1 N–H and O–H groups in total. The van der Waals surface area contributed by atoms with E-state index in [2.05, 4.69) is 41.4 Å². The van der Waals surface area contributed by atoms with Gasteiger partial charge in [-0.15, -0.1) is 0 Å². The number of carbonyl (C=O) groups excluding carboxylic acids is 1. The summed E-state index contributed by atoms with van der Waals surface area (Å²) in [5.41, 5.74) is 6.60. The van der Waals surface area contributed by atoms with Crippen LogP contribution in [0.4, 0.5) is 5.69 Å². The molecule has 0 saturated heterocycles. The molecule has 0 unspecified atom stereocenters. The number of aromatic nitrogens is 2. The molecule has 0 spiro atoms. The summed E-state index contributed by atoms with van der Waals surface area (Å²) in [6, 6.07) is 16.2. The number of methoxy groups -OCH3 is 1. The Morgan fingerprint density at radius 3 is 2.59 bits per heavy atom. The van der Waals surface area contributed by atoms with Crippen molar-refractivity contribution in [1.29, 1.82) is 0 Å². The summed E-state index contributed by atoms with van der Waals surface area (Å²) in [5.74, 6) is 1.69. The van der Waals surface area contributed by atoms with Crippen LogP contribution in [0.25, 0.3) is 11.3 Å². The van der Waals surface area contributed by atoms with Gasteiger partial charge in [-0.1, -0.05) is 19.1 Å². The summed E-state index contributed by atoms with van der Waals surface area (Å²) in [6.45, 7) is 6.36. The molecule has 0 aliphatic carbocycles. The minimum absolute atomic E-state index is 0.0521. The molecule has 3 aromatic rings. The van der Waals surface area contributed by atoms with Crippen molar-refractivity contribution in [1.82, 2.24) is 14.9 Å². The van der Waals surface area contributed by atoms with Crippen LogP contribution < -0.4 is 10.1 Å². The van der Waals surface area contributed by atoms with E-state index in [1.54, 1.807) is 7.11 Å². The van der Waals surface area contributed by atoms with Crippen molar-refractivity contribution in [2.75, 3.05) is 25.5 Å². The van der Waals surface area contributed by atoms with Crippen LogP contribution in [0.3, 0.4) is 0 Å². The van der Waals surface area contributed by atoms with E-state index in [-0.39, 0.29) is 5.91 Å². The van der Waals surface area contributed by atoms with Crippen LogP contribution in [0.1, 0.15) is 36.5 Å². The van der Waals surface area contributed by atoms with Gasteiger partial charge in [-0.3, -0.25) is 9.69 Å². The maximum Gasteiger partial charge on any atom is 0.221 e. The molecule has 0 fully saturated rings. The molecule has 1 amide bonds. The zero-order valence-corrected chi connectivity index (χ0v) is 19.0. The Morgan fingerprint density at radius 1 is 1.09 bits per heavy atom. The molecule has 2 heterocycles. The molecular formula is C26H30N4O2. The summed E-state index contributed by atoms with van der Waals surface area (Å²) in [5, 5.41) is 2.87. The first-order chi connectivity index (χ1) is 15.6. The number of anilines is 1. The third kappa shape index (κ3) is 5.14. The normalized spacial score (nSPS) is 13.8. The van der Waals surface area contributed by atoms with E-state index in [9.17, 15) is 4.79 Å². The minimum Gasteiger partial charge on any atom is -0.497 e. The van der Waals surface area contributed by atoms with E-state index < -0.39 is 0 Å². The Hall–Kier alpha value is -3.25. The van der Waals surface area contributed by atoms with Crippen LogP contribution in [0.15, 0.2) is 48.5 Å². The molecule has 0 atom stereocenters. The van der Waals surface area contributed by atoms with Gasteiger partial charge in [0, 0.05) is 61.9 Å². The predicted molar refractivity (Wildman–Crippen MR) is 127 cm³/mol. The Morgan fingerprint density at radius 2 is 1.88 bits per heavy atom. The summed E-state index contributed by atoms with van der Waals surface area (Å²) in [6.07, 6.45) is 2.63. The second-order valence-corrected chi connectivity index (χ2v) is 8.15. The number of hydrogen-bond donors (Lipinski definition) is 1. The number of benzene rings is 2. The van der Waals surface area contributed by atoms with Gasteiger partial charge in [-0.25, -0.2) is 9.97 Å². The highest BCUT2D eigenvalue weighted by Crippen LogP contribution is 2.29. The van der Waals surface area contributed by atoms with Crippen LogP contribution in [0.2, 0.25) is 0 Å². The van der Waals surface area contributed by atoms with Crippen molar-refractivity contribution in [2.45, 2.75) is 39.7 Å². The Kier molecular flexibility index (Phi) is 6.81. The fourth-order valence-corrected chi connectivity index (χ4v) is 4.21. The Balaban J connectivity index is 1.56. The van der Waals surface area contributed by atoms with Crippen LogP contribution in [0.5, 0.6) is 5.75 Å². The number of aryl methyl sites for hydroxylation is 1. The van der Waals surface area contributed by atoms with Gasteiger partial charge in [0.25, 0.3) is 0 Å². The molecule has 0 bridgehead atoms. The summed E-state index contributed by atoms with van der Waals surface area (Å²) < 4.78 is 5.32. The molecule has 1 aromatic heterocycles. The zero-order valence-electron chi connectivity index (χ0n) is 19.0. The van der Waals surface area contributed by atoms with Crippen molar-refractivity contribution in [3.05, 3.63) is 71.2 Å². The molecule has 4 rings (SSSR count). The summed E-state index contributed by atoms with van der Waals surface area (Å²) >= 11 is 0. The summed E-state index contributed by atoms with van der Waals surface area (Å²) in [4.78, 5) is 23.6. The number of carbonyl (C=O) groups is 1. The lowest BCUT2D eigenvalue weighted by Crippen LogP contribution is -2.26. The van der Waals surface area contributed by atoms with E-state index in [4.69, 9.17) is 14.7 Å². The Labute approximate surface area is 189 Å². The van der Waals surface area contributed by atoms with Gasteiger partial charge in [0.1, 0.15) is 11.6 Å². The first-order valence-corrected chi connectivity index (χ1v) is 11.2. The van der Waals surface area contributed by atoms with E-state index >= 15 is 0 Å². The van der Waals surface area contributed by atoms with Crippen molar-refractivity contribution in [3.63, 3.8) is 0 Å². The lowest BCUT2D eigenvalue weighted by atomic mass is 10.0. The quantitative estimate of drug-likeness (QED) is 0.632. The Bertz CT molecular complexity index is 1100.